The molecule has 1 aromatic carbocycles. The van der Waals surface area contributed by atoms with Crippen LogP contribution in [-0.2, 0) is 9.53 Å². The number of anilines is 1. The van der Waals surface area contributed by atoms with Crippen LogP contribution in [0.1, 0.15) is 41.0 Å². The molecule has 3 N–H and O–H groups in total. The van der Waals surface area contributed by atoms with Gasteiger partial charge in [-0.3, -0.25) is 4.79 Å². The topological polar surface area (TPSA) is 73.6 Å². The molecule has 0 radical (unpaired) electrons. The molecule has 2 unspecified atom stereocenters. The fourth-order valence-electron chi connectivity index (χ4n) is 2.99. The maximum absolute atomic E-state index is 12.7. The maximum Gasteiger partial charge on any atom is 0.245 e. The second kappa shape index (κ2) is 8.12. The Morgan fingerprint density at radius 2 is 2.08 bits per heavy atom. The number of hydrogen-bond acceptors (Lipinski definition) is 4. The van der Waals surface area contributed by atoms with E-state index in [1.807, 2.05) is 34.6 Å². The minimum Gasteiger partial charge on any atom is -0.489 e. The molecule has 1 amide bonds. The molecule has 0 spiro atoms. The summed E-state index contributed by atoms with van der Waals surface area (Å²) in [5.41, 5.74) is 5.58. The number of nitrogens with one attached hydrogen (secondary N) is 1. The number of carbonyl (C=O) groups excluding carboxylic acids is 1. The average Bonchev–Trinajstić information content (AvgIpc) is 2.49. The second-order valence-electron chi connectivity index (χ2n) is 7.11. The number of benzene rings is 1. The monoisotopic (exact) mass is 390 g/mol. The minimum atomic E-state index is -0.966. The van der Waals surface area contributed by atoms with E-state index in [0.717, 1.165) is 0 Å². The van der Waals surface area contributed by atoms with E-state index in [0.29, 0.717) is 29.5 Å². The number of carbonyl (C=O) groups is 1. The van der Waals surface area contributed by atoms with Gasteiger partial charge in [-0.05, 0) is 39.0 Å². The lowest BCUT2D eigenvalue weighted by molar-refractivity contribution is -0.166. The summed E-state index contributed by atoms with van der Waals surface area (Å²) in [7, 11) is 0. The van der Waals surface area contributed by atoms with Crippen LogP contribution in [0, 0.1) is 5.41 Å². The zero-order valence-corrected chi connectivity index (χ0v) is 17.0. The zero-order chi connectivity index (χ0) is 18.1. The van der Waals surface area contributed by atoms with Crippen molar-refractivity contribution in [3.8, 4) is 5.75 Å². The summed E-state index contributed by atoms with van der Waals surface area (Å²) in [4.78, 5) is 12.7. The van der Waals surface area contributed by atoms with Gasteiger partial charge in [0.1, 0.15) is 11.3 Å². The third-order valence-electron chi connectivity index (χ3n) is 4.79. The van der Waals surface area contributed by atoms with E-state index in [2.05, 4.69) is 5.32 Å². The van der Waals surface area contributed by atoms with Crippen molar-refractivity contribution in [2.45, 2.75) is 58.8 Å². The summed E-state index contributed by atoms with van der Waals surface area (Å²) in [6, 6.07) is 5.18. The summed E-state index contributed by atoms with van der Waals surface area (Å²) in [6.45, 7) is 10.3. The Morgan fingerprint density at radius 3 is 2.56 bits per heavy atom. The number of halogens is 2. The molecule has 1 fully saturated rings. The molecule has 1 aromatic rings. The molecule has 142 valence electrons. The number of nitrogens with two attached hydrogens (primary N) is 1. The lowest BCUT2D eigenvalue weighted by Crippen LogP contribution is -2.74. The Hall–Kier alpha value is -1.01. The molecule has 0 aliphatic heterocycles. The van der Waals surface area contributed by atoms with Gasteiger partial charge in [-0.1, -0.05) is 25.4 Å². The third kappa shape index (κ3) is 4.22. The van der Waals surface area contributed by atoms with E-state index in [1.54, 1.807) is 18.2 Å². The highest BCUT2D eigenvalue weighted by Crippen LogP contribution is 2.50. The van der Waals surface area contributed by atoms with Crippen molar-refractivity contribution in [1.29, 1.82) is 0 Å². The van der Waals surface area contributed by atoms with Crippen LogP contribution in [0.3, 0.4) is 0 Å². The van der Waals surface area contributed by atoms with Gasteiger partial charge in [-0.15, -0.1) is 12.4 Å². The SMILES string of the molecule is CCOC1CC(N)(C(=O)Nc2ccc(OC(C)C)c(Cl)c2)C1(C)C.Cl. The molecule has 2 atom stereocenters. The summed E-state index contributed by atoms with van der Waals surface area (Å²) < 4.78 is 11.3. The average molecular weight is 391 g/mol. The molecule has 5 nitrogen and oxygen atoms in total. The lowest BCUT2D eigenvalue weighted by atomic mass is 9.54. The van der Waals surface area contributed by atoms with Crippen LogP contribution in [0.15, 0.2) is 18.2 Å². The molecular formula is C18H28Cl2N2O3. The first-order valence-corrected chi connectivity index (χ1v) is 8.67. The van der Waals surface area contributed by atoms with Crippen LogP contribution in [0.25, 0.3) is 0 Å². The van der Waals surface area contributed by atoms with Crippen LogP contribution in [0.2, 0.25) is 5.02 Å². The fraction of sp³-hybridized carbons (Fsp3) is 0.611. The molecular weight excluding hydrogens is 363 g/mol. The van der Waals surface area contributed by atoms with Crippen molar-refractivity contribution in [2.24, 2.45) is 11.1 Å². The van der Waals surface area contributed by atoms with E-state index in [9.17, 15) is 4.79 Å². The highest BCUT2D eigenvalue weighted by Gasteiger charge is 2.62. The fourth-order valence-corrected chi connectivity index (χ4v) is 3.22. The molecule has 1 saturated carbocycles. The number of rotatable bonds is 6. The Morgan fingerprint density at radius 1 is 1.44 bits per heavy atom. The van der Waals surface area contributed by atoms with E-state index in [4.69, 9.17) is 26.8 Å². The van der Waals surface area contributed by atoms with Crippen molar-refractivity contribution < 1.29 is 14.3 Å². The third-order valence-corrected chi connectivity index (χ3v) is 5.08. The Balaban J connectivity index is 0.00000312. The van der Waals surface area contributed by atoms with Crippen molar-refractivity contribution in [2.75, 3.05) is 11.9 Å². The quantitative estimate of drug-likeness (QED) is 0.768. The van der Waals surface area contributed by atoms with Gasteiger partial charge in [0.25, 0.3) is 0 Å². The molecule has 0 heterocycles. The predicted molar refractivity (Wildman–Crippen MR) is 104 cm³/mol. The molecule has 7 heteroatoms. The van der Waals surface area contributed by atoms with Crippen molar-refractivity contribution in [1.82, 2.24) is 0 Å². The number of amides is 1. The van der Waals surface area contributed by atoms with Gasteiger partial charge in [0.15, 0.2) is 0 Å². The van der Waals surface area contributed by atoms with Gasteiger partial charge in [0.05, 0.1) is 17.2 Å². The standard InChI is InChI=1S/C18H27ClN2O3.ClH/c1-6-23-15-10-18(20,17(15,4)5)16(22)21-12-7-8-14(13(19)9-12)24-11(2)3;/h7-9,11,15H,6,10,20H2,1-5H3,(H,21,22);1H. The number of hydrogen-bond donors (Lipinski definition) is 2. The van der Waals surface area contributed by atoms with Gasteiger partial charge in [0.2, 0.25) is 5.91 Å². The predicted octanol–water partition coefficient (Wildman–Crippen LogP) is 4.02. The largest absolute Gasteiger partial charge is 0.489 e. The van der Waals surface area contributed by atoms with Crippen LogP contribution >= 0.6 is 24.0 Å². The molecule has 0 bridgehead atoms. The van der Waals surface area contributed by atoms with Gasteiger partial charge in [-0.2, -0.15) is 0 Å². The first-order valence-electron chi connectivity index (χ1n) is 8.30. The molecule has 25 heavy (non-hydrogen) atoms. The van der Waals surface area contributed by atoms with Crippen LogP contribution in [-0.4, -0.2) is 30.3 Å². The summed E-state index contributed by atoms with van der Waals surface area (Å²) in [5.74, 6) is 0.365. The zero-order valence-electron chi connectivity index (χ0n) is 15.4. The highest BCUT2D eigenvalue weighted by molar-refractivity contribution is 6.32. The first kappa shape index (κ1) is 22.0. The molecule has 0 aromatic heterocycles. The van der Waals surface area contributed by atoms with Crippen molar-refractivity contribution in [3.63, 3.8) is 0 Å². The maximum atomic E-state index is 12.7. The van der Waals surface area contributed by atoms with E-state index in [1.165, 1.54) is 0 Å². The molecule has 2 rings (SSSR count). The molecule has 1 aliphatic carbocycles. The normalized spacial score (nSPS) is 24.2. The Labute approximate surface area is 161 Å². The summed E-state index contributed by atoms with van der Waals surface area (Å²) in [6.07, 6.45) is 0.521. The Bertz CT molecular complexity index is 622. The Kier molecular flexibility index (Phi) is 7.16. The van der Waals surface area contributed by atoms with E-state index >= 15 is 0 Å². The highest BCUT2D eigenvalue weighted by atomic mass is 35.5. The summed E-state index contributed by atoms with van der Waals surface area (Å²) in [5, 5.41) is 3.32. The van der Waals surface area contributed by atoms with Gasteiger partial charge < -0.3 is 20.5 Å². The van der Waals surface area contributed by atoms with Gasteiger partial charge >= 0.3 is 0 Å². The second-order valence-corrected chi connectivity index (χ2v) is 7.51. The van der Waals surface area contributed by atoms with Crippen LogP contribution in [0.4, 0.5) is 5.69 Å². The minimum absolute atomic E-state index is 0. The van der Waals surface area contributed by atoms with Gasteiger partial charge in [-0.25, -0.2) is 0 Å². The molecule has 0 saturated heterocycles. The molecule has 1 aliphatic rings. The lowest BCUT2D eigenvalue weighted by Gasteiger charge is -2.57. The number of ether oxygens (including phenoxy) is 2. The van der Waals surface area contributed by atoms with Crippen LogP contribution in [0.5, 0.6) is 5.75 Å². The van der Waals surface area contributed by atoms with E-state index in [-0.39, 0.29) is 30.5 Å². The van der Waals surface area contributed by atoms with Crippen molar-refractivity contribution in [3.05, 3.63) is 23.2 Å². The van der Waals surface area contributed by atoms with Gasteiger partial charge in [0, 0.05) is 24.1 Å². The van der Waals surface area contributed by atoms with Crippen molar-refractivity contribution >= 4 is 35.6 Å². The first-order chi connectivity index (χ1) is 11.1. The van der Waals surface area contributed by atoms with E-state index < -0.39 is 11.0 Å². The van der Waals surface area contributed by atoms with Crippen LogP contribution < -0.4 is 15.8 Å². The smallest absolute Gasteiger partial charge is 0.245 e. The summed E-state index contributed by atoms with van der Waals surface area (Å²) >= 11 is 6.21.